The molecule has 2 aromatic heterocycles. The maximum absolute atomic E-state index is 12.6. The molecule has 1 atom stereocenters. The van der Waals surface area contributed by atoms with E-state index in [1.807, 2.05) is 0 Å². The molecule has 3 rings (SSSR count). The minimum atomic E-state index is -4.68. The Morgan fingerprint density at radius 3 is 2.82 bits per heavy atom. The first-order valence-corrected chi connectivity index (χ1v) is 10.5. The Balaban J connectivity index is 1.55. The van der Waals surface area contributed by atoms with Crippen LogP contribution in [0.15, 0.2) is 32.2 Å². The van der Waals surface area contributed by atoms with Crippen molar-refractivity contribution in [2.45, 2.75) is 37.5 Å². The molecule has 1 fully saturated rings. The first-order valence-electron chi connectivity index (χ1n) is 9.01. The molecule has 0 saturated carbocycles. The summed E-state index contributed by atoms with van der Waals surface area (Å²) in [7, 11) is -3.90. The SMILES string of the molecule is C[C@@H]1CCCN(CCCNS(=O)(=O)c2ccc(-c3cc(C(F)(F)F)on3)o2)C1. The molecular formula is C17H22F3N3O4S. The average molecular weight is 421 g/mol. The summed E-state index contributed by atoms with van der Waals surface area (Å²) in [4.78, 5) is 2.32. The summed E-state index contributed by atoms with van der Waals surface area (Å²) in [6.45, 7) is 5.29. The molecule has 0 amide bonds. The van der Waals surface area contributed by atoms with Crippen molar-refractivity contribution in [1.29, 1.82) is 0 Å². The Morgan fingerprint density at radius 1 is 1.36 bits per heavy atom. The molecule has 0 radical (unpaired) electrons. The molecule has 11 heteroatoms. The molecule has 1 aliphatic rings. The van der Waals surface area contributed by atoms with Gasteiger partial charge in [-0.2, -0.15) is 13.2 Å². The van der Waals surface area contributed by atoms with Gasteiger partial charge in [0.2, 0.25) is 10.9 Å². The third kappa shape index (κ3) is 5.15. The summed E-state index contributed by atoms with van der Waals surface area (Å²) in [6, 6.07) is 3.07. The molecule has 1 N–H and O–H groups in total. The molecule has 0 aromatic carbocycles. The van der Waals surface area contributed by atoms with E-state index < -0.39 is 22.0 Å². The minimum absolute atomic E-state index is 0.123. The lowest BCUT2D eigenvalue weighted by Gasteiger charge is -2.30. The van der Waals surface area contributed by atoms with Crippen molar-refractivity contribution in [3.05, 3.63) is 24.0 Å². The number of aromatic nitrogens is 1. The maximum Gasteiger partial charge on any atom is 0.452 e. The van der Waals surface area contributed by atoms with Gasteiger partial charge in [-0.05, 0) is 50.4 Å². The summed E-state index contributed by atoms with van der Waals surface area (Å²) >= 11 is 0. The van der Waals surface area contributed by atoms with Gasteiger partial charge in [-0.15, -0.1) is 0 Å². The van der Waals surface area contributed by atoms with Crippen LogP contribution in [-0.2, 0) is 16.2 Å². The van der Waals surface area contributed by atoms with E-state index in [9.17, 15) is 21.6 Å². The highest BCUT2D eigenvalue weighted by Crippen LogP contribution is 2.33. The van der Waals surface area contributed by atoms with Crippen LogP contribution >= 0.6 is 0 Å². The summed E-state index contributed by atoms with van der Waals surface area (Å²) in [5.74, 6) is -0.753. The molecule has 3 heterocycles. The Morgan fingerprint density at radius 2 is 2.14 bits per heavy atom. The van der Waals surface area contributed by atoms with Crippen molar-refractivity contribution in [3.8, 4) is 11.5 Å². The highest BCUT2D eigenvalue weighted by molar-refractivity contribution is 7.89. The van der Waals surface area contributed by atoms with E-state index in [4.69, 9.17) is 4.42 Å². The molecule has 28 heavy (non-hydrogen) atoms. The molecular weight excluding hydrogens is 399 g/mol. The van der Waals surface area contributed by atoms with Crippen molar-refractivity contribution in [3.63, 3.8) is 0 Å². The van der Waals surface area contributed by atoms with E-state index in [1.54, 1.807) is 0 Å². The number of nitrogens with zero attached hydrogens (tertiary/aromatic N) is 2. The number of piperidine rings is 1. The molecule has 0 bridgehead atoms. The zero-order valence-electron chi connectivity index (χ0n) is 15.3. The molecule has 0 unspecified atom stereocenters. The monoisotopic (exact) mass is 421 g/mol. The van der Waals surface area contributed by atoms with Crippen LogP contribution in [-0.4, -0.2) is 44.7 Å². The minimum Gasteiger partial charge on any atom is -0.441 e. The van der Waals surface area contributed by atoms with Crippen LogP contribution in [0.1, 0.15) is 31.9 Å². The highest BCUT2D eigenvalue weighted by Gasteiger charge is 2.36. The van der Waals surface area contributed by atoms with E-state index >= 15 is 0 Å². The number of hydrogen-bond acceptors (Lipinski definition) is 6. The topological polar surface area (TPSA) is 88.6 Å². The number of sulfonamides is 1. The van der Waals surface area contributed by atoms with Gasteiger partial charge in [-0.1, -0.05) is 12.1 Å². The maximum atomic E-state index is 12.6. The summed E-state index contributed by atoms with van der Waals surface area (Å²) in [6.07, 6.45) is -1.65. The van der Waals surface area contributed by atoms with E-state index in [-0.39, 0.29) is 23.1 Å². The van der Waals surface area contributed by atoms with Gasteiger partial charge in [-0.3, -0.25) is 0 Å². The fraction of sp³-hybridized carbons (Fsp3) is 0.588. The molecule has 1 aliphatic heterocycles. The van der Waals surface area contributed by atoms with E-state index in [0.717, 1.165) is 26.1 Å². The van der Waals surface area contributed by atoms with Crippen LogP contribution in [0.3, 0.4) is 0 Å². The number of alkyl halides is 3. The largest absolute Gasteiger partial charge is 0.452 e. The fourth-order valence-electron chi connectivity index (χ4n) is 3.20. The first kappa shape index (κ1) is 20.9. The Hall–Kier alpha value is -1.85. The third-order valence-corrected chi connectivity index (χ3v) is 5.91. The number of furan rings is 1. The molecule has 156 valence electrons. The highest BCUT2D eigenvalue weighted by atomic mass is 32.2. The van der Waals surface area contributed by atoms with Crippen molar-refractivity contribution in [1.82, 2.24) is 14.8 Å². The van der Waals surface area contributed by atoms with Gasteiger partial charge in [0.05, 0.1) is 0 Å². The molecule has 2 aromatic rings. The third-order valence-electron chi connectivity index (χ3n) is 4.57. The zero-order chi connectivity index (χ0) is 20.4. The lowest BCUT2D eigenvalue weighted by Crippen LogP contribution is -2.36. The Labute approximate surface area is 160 Å². The number of nitrogens with one attached hydrogen (secondary N) is 1. The van der Waals surface area contributed by atoms with Gasteiger partial charge < -0.3 is 13.8 Å². The normalized spacial score (nSPS) is 19.2. The van der Waals surface area contributed by atoms with E-state index in [1.165, 1.54) is 18.6 Å². The van der Waals surface area contributed by atoms with Gasteiger partial charge in [0.1, 0.15) is 5.69 Å². The average Bonchev–Trinajstić information content (AvgIpc) is 3.27. The van der Waals surface area contributed by atoms with Gasteiger partial charge >= 0.3 is 6.18 Å². The molecule has 7 nitrogen and oxygen atoms in total. The van der Waals surface area contributed by atoms with Crippen LogP contribution in [0.4, 0.5) is 13.2 Å². The smallest absolute Gasteiger partial charge is 0.441 e. The predicted molar refractivity (Wildman–Crippen MR) is 93.9 cm³/mol. The van der Waals surface area contributed by atoms with Crippen LogP contribution in [0.2, 0.25) is 0 Å². The standard InChI is InChI=1S/C17H22F3N3O4S/c1-12-4-2-8-23(11-12)9-3-7-21-28(24,25)16-6-5-14(26-16)13-10-15(27-22-13)17(18,19)20/h5-6,10,12,21H,2-4,7-9,11H2,1H3/t12-/m1/s1. The van der Waals surface area contributed by atoms with Crippen LogP contribution in [0.25, 0.3) is 11.5 Å². The fourth-order valence-corrected chi connectivity index (χ4v) is 4.20. The molecule has 0 spiro atoms. The number of halogens is 3. The van der Waals surface area contributed by atoms with Crippen molar-refractivity contribution < 1.29 is 30.5 Å². The lowest BCUT2D eigenvalue weighted by atomic mass is 10.0. The summed E-state index contributed by atoms with van der Waals surface area (Å²) < 4.78 is 74.1. The lowest BCUT2D eigenvalue weighted by molar-refractivity contribution is -0.155. The zero-order valence-corrected chi connectivity index (χ0v) is 16.1. The predicted octanol–water partition coefficient (Wildman–Crippen LogP) is 3.35. The molecule has 1 saturated heterocycles. The second-order valence-electron chi connectivity index (χ2n) is 6.99. The van der Waals surface area contributed by atoms with Crippen molar-refractivity contribution in [2.75, 3.05) is 26.2 Å². The second kappa shape index (κ2) is 8.26. The Bertz CT molecular complexity index is 892. The van der Waals surface area contributed by atoms with Gasteiger partial charge in [0.25, 0.3) is 10.0 Å². The van der Waals surface area contributed by atoms with Crippen molar-refractivity contribution in [2.24, 2.45) is 5.92 Å². The summed E-state index contributed by atoms with van der Waals surface area (Å²) in [5.41, 5.74) is -0.229. The van der Waals surface area contributed by atoms with E-state index in [0.29, 0.717) is 18.4 Å². The number of rotatable bonds is 7. The van der Waals surface area contributed by atoms with Crippen molar-refractivity contribution >= 4 is 10.0 Å². The number of likely N-dealkylation sites (tertiary alicyclic amines) is 1. The molecule has 0 aliphatic carbocycles. The first-order chi connectivity index (χ1) is 13.1. The number of hydrogen-bond donors (Lipinski definition) is 1. The Kier molecular flexibility index (Phi) is 6.15. The van der Waals surface area contributed by atoms with Crippen LogP contribution in [0.5, 0.6) is 0 Å². The summed E-state index contributed by atoms with van der Waals surface area (Å²) in [5, 5.41) is 2.89. The van der Waals surface area contributed by atoms with E-state index in [2.05, 4.69) is 26.2 Å². The second-order valence-corrected chi connectivity index (χ2v) is 8.69. The van der Waals surface area contributed by atoms with Gasteiger partial charge in [-0.25, -0.2) is 13.1 Å². The van der Waals surface area contributed by atoms with Crippen LogP contribution in [0, 0.1) is 5.92 Å². The van der Waals surface area contributed by atoms with Gasteiger partial charge in [0.15, 0.2) is 5.76 Å². The van der Waals surface area contributed by atoms with Crippen LogP contribution < -0.4 is 4.72 Å². The quantitative estimate of drug-likeness (QED) is 0.690. The van der Waals surface area contributed by atoms with Gasteiger partial charge in [0, 0.05) is 19.2 Å².